The number of anilines is 1. The fraction of sp³-hybridized carbons (Fsp3) is 0.357. The van der Waals surface area contributed by atoms with Crippen molar-refractivity contribution in [2.75, 3.05) is 12.8 Å². The lowest BCUT2D eigenvalue weighted by Crippen LogP contribution is -2.04. The average molecular weight is 261 g/mol. The Balaban J connectivity index is 2.11. The minimum Gasteiger partial charge on any atom is -0.497 e. The van der Waals surface area contributed by atoms with E-state index in [0.29, 0.717) is 18.0 Å². The molecule has 0 saturated heterocycles. The number of aromatic nitrogens is 2. The van der Waals surface area contributed by atoms with E-state index in [1.807, 2.05) is 17.8 Å². The Morgan fingerprint density at radius 2 is 2.11 bits per heavy atom. The van der Waals surface area contributed by atoms with Gasteiger partial charge in [0, 0.05) is 13.1 Å². The third kappa shape index (κ3) is 2.99. The van der Waals surface area contributed by atoms with Gasteiger partial charge in [0.25, 0.3) is 0 Å². The van der Waals surface area contributed by atoms with Crippen molar-refractivity contribution in [1.29, 1.82) is 0 Å². The number of aryl methyl sites for hydroxylation is 2. The Hall–Kier alpha value is -2.17. The summed E-state index contributed by atoms with van der Waals surface area (Å²) in [6, 6.07) is 7.40. The second kappa shape index (κ2) is 5.65. The molecule has 1 heterocycles. The van der Waals surface area contributed by atoms with Crippen LogP contribution in [-0.4, -0.2) is 16.9 Å². The minimum atomic E-state index is 0.431. The molecular weight excluding hydrogens is 242 g/mol. The van der Waals surface area contributed by atoms with Crippen LogP contribution < -0.4 is 15.2 Å². The first-order valence-corrected chi connectivity index (χ1v) is 6.22. The van der Waals surface area contributed by atoms with E-state index < -0.39 is 0 Å². The molecule has 1 aromatic heterocycles. The molecule has 5 nitrogen and oxygen atoms in total. The topological polar surface area (TPSA) is 62.3 Å². The first-order chi connectivity index (χ1) is 9.13. The van der Waals surface area contributed by atoms with Crippen molar-refractivity contribution in [1.82, 2.24) is 9.78 Å². The first kappa shape index (κ1) is 13.3. The SMILES string of the molecule is CCc1cc(COc2cc(OC)ccc2N)n(C)n1. The summed E-state index contributed by atoms with van der Waals surface area (Å²) in [5.41, 5.74) is 8.54. The maximum Gasteiger partial charge on any atom is 0.146 e. The molecule has 5 heteroatoms. The van der Waals surface area contributed by atoms with Crippen molar-refractivity contribution in [3.8, 4) is 11.5 Å². The van der Waals surface area contributed by atoms with Crippen molar-refractivity contribution in [2.45, 2.75) is 20.0 Å². The highest BCUT2D eigenvalue weighted by Crippen LogP contribution is 2.27. The van der Waals surface area contributed by atoms with E-state index in [9.17, 15) is 0 Å². The highest BCUT2D eigenvalue weighted by molar-refractivity contribution is 5.55. The molecule has 19 heavy (non-hydrogen) atoms. The summed E-state index contributed by atoms with van der Waals surface area (Å²) in [5, 5.41) is 4.38. The van der Waals surface area contributed by atoms with E-state index in [4.69, 9.17) is 15.2 Å². The normalized spacial score (nSPS) is 10.5. The maximum absolute atomic E-state index is 5.87. The van der Waals surface area contributed by atoms with Gasteiger partial charge in [-0.15, -0.1) is 0 Å². The van der Waals surface area contributed by atoms with Gasteiger partial charge in [-0.25, -0.2) is 0 Å². The fourth-order valence-electron chi connectivity index (χ4n) is 1.80. The number of hydrogen-bond donors (Lipinski definition) is 1. The zero-order chi connectivity index (χ0) is 13.8. The van der Waals surface area contributed by atoms with Gasteiger partial charge in [0.2, 0.25) is 0 Å². The van der Waals surface area contributed by atoms with Crippen LogP contribution in [0, 0.1) is 0 Å². The van der Waals surface area contributed by atoms with E-state index in [-0.39, 0.29) is 0 Å². The lowest BCUT2D eigenvalue weighted by Gasteiger charge is -2.10. The Morgan fingerprint density at radius 3 is 2.74 bits per heavy atom. The van der Waals surface area contributed by atoms with Gasteiger partial charge in [-0.3, -0.25) is 4.68 Å². The van der Waals surface area contributed by atoms with E-state index in [0.717, 1.165) is 23.6 Å². The van der Waals surface area contributed by atoms with Crippen molar-refractivity contribution in [2.24, 2.45) is 7.05 Å². The van der Waals surface area contributed by atoms with Crippen LogP contribution in [0.5, 0.6) is 11.5 Å². The van der Waals surface area contributed by atoms with Gasteiger partial charge in [0.1, 0.15) is 18.1 Å². The second-order valence-electron chi connectivity index (χ2n) is 4.30. The molecule has 0 saturated carbocycles. The Morgan fingerprint density at radius 1 is 1.32 bits per heavy atom. The molecule has 0 unspecified atom stereocenters. The Bertz CT molecular complexity index is 564. The van der Waals surface area contributed by atoms with Crippen LogP contribution in [0.4, 0.5) is 5.69 Å². The fourth-order valence-corrected chi connectivity index (χ4v) is 1.80. The van der Waals surface area contributed by atoms with Crippen molar-refractivity contribution < 1.29 is 9.47 Å². The van der Waals surface area contributed by atoms with E-state index >= 15 is 0 Å². The molecule has 0 aliphatic rings. The quantitative estimate of drug-likeness (QED) is 0.838. The number of hydrogen-bond acceptors (Lipinski definition) is 4. The lowest BCUT2D eigenvalue weighted by molar-refractivity contribution is 0.294. The van der Waals surface area contributed by atoms with E-state index in [1.165, 1.54) is 0 Å². The minimum absolute atomic E-state index is 0.431. The van der Waals surface area contributed by atoms with Gasteiger partial charge in [-0.2, -0.15) is 5.10 Å². The molecule has 0 radical (unpaired) electrons. The molecule has 0 bridgehead atoms. The molecule has 0 atom stereocenters. The van der Waals surface area contributed by atoms with Gasteiger partial charge >= 0.3 is 0 Å². The standard InChI is InChI=1S/C14H19N3O2/c1-4-10-7-11(17(2)16-10)9-19-14-8-12(18-3)5-6-13(14)15/h5-8H,4,9,15H2,1-3H3. The number of benzene rings is 1. The Kier molecular flexibility index (Phi) is 3.94. The van der Waals surface area contributed by atoms with E-state index in [1.54, 1.807) is 25.3 Å². The second-order valence-corrected chi connectivity index (χ2v) is 4.30. The van der Waals surface area contributed by atoms with Crippen LogP contribution >= 0.6 is 0 Å². The molecular formula is C14H19N3O2. The van der Waals surface area contributed by atoms with Crippen LogP contribution in [0.1, 0.15) is 18.3 Å². The lowest BCUT2D eigenvalue weighted by atomic mass is 10.3. The van der Waals surface area contributed by atoms with Crippen LogP contribution in [0.25, 0.3) is 0 Å². The largest absolute Gasteiger partial charge is 0.497 e. The number of methoxy groups -OCH3 is 1. The van der Waals surface area contributed by atoms with Gasteiger partial charge in [-0.1, -0.05) is 6.92 Å². The number of nitrogens with two attached hydrogens (primary N) is 1. The monoisotopic (exact) mass is 261 g/mol. The summed E-state index contributed by atoms with van der Waals surface area (Å²) in [6.07, 6.45) is 0.912. The Labute approximate surface area is 112 Å². The molecule has 1 aromatic carbocycles. The molecule has 2 aromatic rings. The van der Waals surface area contributed by atoms with Crippen molar-refractivity contribution >= 4 is 5.69 Å². The zero-order valence-electron chi connectivity index (χ0n) is 11.5. The highest BCUT2D eigenvalue weighted by Gasteiger charge is 2.07. The van der Waals surface area contributed by atoms with Crippen LogP contribution in [0.2, 0.25) is 0 Å². The van der Waals surface area contributed by atoms with Gasteiger partial charge in [0.05, 0.1) is 24.2 Å². The zero-order valence-corrected chi connectivity index (χ0v) is 11.5. The number of ether oxygens (including phenoxy) is 2. The van der Waals surface area contributed by atoms with Crippen LogP contribution in [0.15, 0.2) is 24.3 Å². The van der Waals surface area contributed by atoms with E-state index in [2.05, 4.69) is 12.0 Å². The maximum atomic E-state index is 5.87. The van der Waals surface area contributed by atoms with Crippen molar-refractivity contribution in [3.63, 3.8) is 0 Å². The molecule has 102 valence electrons. The third-order valence-electron chi connectivity index (χ3n) is 2.99. The molecule has 0 spiro atoms. The summed E-state index contributed by atoms with van der Waals surface area (Å²) in [7, 11) is 3.52. The summed E-state index contributed by atoms with van der Waals surface area (Å²) >= 11 is 0. The van der Waals surface area contributed by atoms with Gasteiger partial charge in [0.15, 0.2) is 0 Å². The number of nitrogens with zero attached hydrogens (tertiary/aromatic N) is 2. The summed E-state index contributed by atoms with van der Waals surface area (Å²) < 4.78 is 12.7. The first-order valence-electron chi connectivity index (χ1n) is 6.22. The number of nitrogen functional groups attached to an aromatic ring is 1. The average Bonchev–Trinajstić information content (AvgIpc) is 2.78. The molecule has 0 amide bonds. The summed E-state index contributed by atoms with van der Waals surface area (Å²) in [4.78, 5) is 0. The molecule has 2 N–H and O–H groups in total. The van der Waals surface area contributed by atoms with Crippen LogP contribution in [0.3, 0.4) is 0 Å². The highest BCUT2D eigenvalue weighted by atomic mass is 16.5. The van der Waals surface area contributed by atoms with Crippen LogP contribution in [-0.2, 0) is 20.1 Å². The predicted octanol–water partition coefficient (Wildman–Crippen LogP) is 2.15. The molecule has 0 fully saturated rings. The number of rotatable bonds is 5. The molecule has 0 aliphatic heterocycles. The van der Waals surface area contributed by atoms with Crippen molar-refractivity contribution in [3.05, 3.63) is 35.7 Å². The van der Waals surface area contributed by atoms with Gasteiger partial charge in [-0.05, 0) is 24.6 Å². The molecule has 0 aliphatic carbocycles. The molecule has 2 rings (SSSR count). The predicted molar refractivity (Wildman–Crippen MR) is 74.3 cm³/mol. The smallest absolute Gasteiger partial charge is 0.146 e. The third-order valence-corrected chi connectivity index (χ3v) is 2.99. The van der Waals surface area contributed by atoms with Gasteiger partial charge < -0.3 is 15.2 Å². The summed E-state index contributed by atoms with van der Waals surface area (Å²) in [6.45, 7) is 2.51. The summed E-state index contributed by atoms with van der Waals surface area (Å²) in [5.74, 6) is 1.35.